The number of hydrogen-bond donors (Lipinski definition) is 1. The lowest BCUT2D eigenvalue weighted by Crippen LogP contribution is -2.17. The van der Waals surface area contributed by atoms with Crippen molar-refractivity contribution in [2.24, 2.45) is 0 Å². The molecule has 7 heteroatoms. The fraction of sp³-hybridized carbons (Fsp3) is 0.143. The first kappa shape index (κ1) is 15.6. The van der Waals surface area contributed by atoms with Crippen LogP contribution in [-0.4, -0.2) is 6.36 Å². The smallest absolute Gasteiger partial charge is 0.406 e. The summed E-state index contributed by atoms with van der Waals surface area (Å²) in [6.45, 7) is 0.393. The zero-order valence-electron chi connectivity index (χ0n) is 10.5. The molecular formula is C14H10BrF4NO. The van der Waals surface area contributed by atoms with E-state index < -0.39 is 6.36 Å². The minimum Gasteiger partial charge on any atom is -0.406 e. The highest BCUT2D eigenvalue weighted by atomic mass is 79.9. The Morgan fingerprint density at radius 1 is 1.05 bits per heavy atom. The quantitative estimate of drug-likeness (QED) is 0.763. The molecule has 0 aromatic heterocycles. The van der Waals surface area contributed by atoms with Crippen molar-refractivity contribution in [2.45, 2.75) is 12.9 Å². The number of rotatable bonds is 4. The first-order valence-electron chi connectivity index (χ1n) is 5.87. The van der Waals surface area contributed by atoms with Crippen LogP contribution in [0.5, 0.6) is 5.75 Å². The molecule has 0 bridgehead atoms. The van der Waals surface area contributed by atoms with Gasteiger partial charge in [-0.2, -0.15) is 0 Å². The molecule has 0 aliphatic rings. The minimum absolute atomic E-state index is 0.268. The van der Waals surface area contributed by atoms with Crippen LogP contribution in [0.3, 0.4) is 0 Å². The Hall–Kier alpha value is -1.76. The molecule has 2 aromatic carbocycles. The average molecular weight is 364 g/mol. The van der Waals surface area contributed by atoms with Gasteiger partial charge in [0, 0.05) is 12.2 Å². The highest BCUT2D eigenvalue weighted by Crippen LogP contribution is 2.23. The molecule has 2 nitrogen and oxygen atoms in total. The summed E-state index contributed by atoms with van der Waals surface area (Å²) >= 11 is 3.07. The fourth-order valence-corrected chi connectivity index (χ4v) is 2.00. The van der Waals surface area contributed by atoms with E-state index in [2.05, 4.69) is 26.0 Å². The third-order valence-electron chi connectivity index (χ3n) is 2.57. The summed E-state index contributed by atoms with van der Waals surface area (Å²) in [5, 5.41) is 3.04. The number of hydrogen-bond acceptors (Lipinski definition) is 2. The molecule has 0 heterocycles. The van der Waals surface area contributed by atoms with Crippen LogP contribution in [0.25, 0.3) is 0 Å². The van der Waals surface area contributed by atoms with Crippen LogP contribution in [0.1, 0.15) is 5.56 Å². The topological polar surface area (TPSA) is 21.3 Å². The van der Waals surface area contributed by atoms with E-state index in [1.165, 1.54) is 30.3 Å². The van der Waals surface area contributed by atoms with Crippen molar-refractivity contribution in [1.82, 2.24) is 0 Å². The second-order valence-corrected chi connectivity index (χ2v) is 5.03. The van der Waals surface area contributed by atoms with E-state index in [9.17, 15) is 17.6 Å². The van der Waals surface area contributed by atoms with Crippen LogP contribution in [0.15, 0.2) is 46.9 Å². The molecule has 1 N–H and O–H groups in total. The largest absolute Gasteiger partial charge is 0.573 e. The van der Waals surface area contributed by atoms with Crippen molar-refractivity contribution < 1.29 is 22.3 Å². The van der Waals surface area contributed by atoms with E-state index in [4.69, 9.17) is 0 Å². The van der Waals surface area contributed by atoms with E-state index in [1.54, 1.807) is 12.1 Å². The van der Waals surface area contributed by atoms with Crippen molar-refractivity contribution in [3.8, 4) is 5.75 Å². The van der Waals surface area contributed by atoms with Gasteiger partial charge >= 0.3 is 6.36 Å². The normalized spacial score (nSPS) is 11.3. The Balaban J connectivity index is 1.96. The van der Waals surface area contributed by atoms with Crippen molar-refractivity contribution in [1.29, 1.82) is 0 Å². The number of alkyl halides is 3. The monoisotopic (exact) mass is 363 g/mol. The summed E-state index contributed by atoms with van der Waals surface area (Å²) in [5.41, 5.74) is 1.46. The van der Waals surface area contributed by atoms with Gasteiger partial charge in [0.25, 0.3) is 0 Å². The summed E-state index contributed by atoms with van der Waals surface area (Å²) in [6.07, 6.45) is -4.69. The lowest BCUT2D eigenvalue weighted by molar-refractivity contribution is -0.274. The second kappa shape index (κ2) is 6.34. The third-order valence-corrected chi connectivity index (χ3v) is 3.18. The lowest BCUT2D eigenvalue weighted by atomic mass is 10.2. The van der Waals surface area contributed by atoms with Crippen molar-refractivity contribution in [2.75, 3.05) is 5.32 Å². The molecule has 0 atom stereocenters. The Kier molecular flexibility index (Phi) is 4.72. The molecule has 21 heavy (non-hydrogen) atoms. The van der Waals surface area contributed by atoms with Gasteiger partial charge in [-0.3, -0.25) is 0 Å². The molecule has 2 rings (SSSR count). The van der Waals surface area contributed by atoms with Gasteiger partial charge in [-0.1, -0.05) is 12.1 Å². The molecule has 0 spiro atoms. The summed E-state index contributed by atoms with van der Waals surface area (Å²) in [4.78, 5) is 0. The van der Waals surface area contributed by atoms with E-state index in [0.29, 0.717) is 16.7 Å². The SMILES string of the molecule is Fc1ccc(NCc2ccc(OC(F)(F)F)cc2)cc1Br. The van der Waals surface area contributed by atoms with Crippen LogP contribution < -0.4 is 10.1 Å². The molecular weight excluding hydrogens is 354 g/mol. The van der Waals surface area contributed by atoms with Crippen LogP contribution >= 0.6 is 15.9 Å². The van der Waals surface area contributed by atoms with Crippen LogP contribution in [-0.2, 0) is 6.54 Å². The number of benzene rings is 2. The van der Waals surface area contributed by atoms with Gasteiger partial charge in [-0.15, -0.1) is 13.2 Å². The zero-order chi connectivity index (χ0) is 15.5. The number of anilines is 1. The molecule has 0 saturated heterocycles. The number of halogens is 5. The van der Waals surface area contributed by atoms with Gasteiger partial charge in [-0.25, -0.2) is 4.39 Å². The molecule has 0 unspecified atom stereocenters. The van der Waals surface area contributed by atoms with Crippen LogP contribution in [0.4, 0.5) is 23.2 Å². The van der Waals surface area contributed by atoms with E-state index >= 15 is 0 Å². The third kappa shape index (κ3) is 4.93. The predicted molar refractivity (Wildman–Crippen MR) is 74.6 cm³/mol. The molecule has 0 saturated carbocycles. The van der Waals surface area contributed by atoms with Gasteiger partial charge in [0.15, 0.2) is 0 Å². The lowest BCUT2D eigenvalue weighted by Gasteiger charge is -2.10. The van der Waals surface area contributed by atoms with Gasteiger partial charge in [0.05, 0.1) is 4.47 Å². The Morgan fingerprint density at radius 3 is 2.29 bits per heavy atom. The number of ether oxygens (including phenoxy) is 1. The van der Waals surface area contributed by atoms with E-state index in [-0.39, 0.29) is 11.6 Å². The number of nitrogens with one attached hydrogen (secondary N) is 1. The fourth-order valence-electron chi connectivity index (χ4n) is 1.62. The first-order chi connectivity index (χ1) is 9.83. The summed E-state index contributed by atoms with van der Waals surface area (Å²) < 4.78 is 53.2. The van der Waals surface area contributed by atoms with Gasteiger partial charge in [-0.05, 0) is 51.8 Å². The Labute approximate surface area is 126 Å². The molecule has 0 fully saturated rings. The van der Waals surface area contributed by atoms with Crippen molar-refractivity contribution in [3.63, 3.8) is 0 Å². The highest BCUT2D eigenvalue weighted by molar-refractivity contribution is 9.10. The van der Waals surface area contributed by atoms with E-state index in [1.807, 2.05) is 0 Å². The Morgan fingerprint density at radius 2 is 1.71 bits per heavy atom. The maximum Gasteiger partial charge on any atom is 0.573 e. The molecule has 0 amide bonds. The van der Waals surface area contributed by atoms with Crippen molar-refractivity contribution in [3.05, 3.63) is 58.3 Å². The maximum absolute atomic E-state index is 13.1. The average Bonchev–Trinajstić information content (AvgIpc) is 2.40. The minimum atomic E-state index is -4.69. The standard InChI is InChI=1S/C14H10BrF4NO/c15-12-7-10(3-6-13(12)16)20-8-9-1-4-11(5-2-9)21-14(17,18)19/h1-7,20H,8H2. The predicted octanol–water partition coefficient (Wildman–Crippen LogP) is 5.10. The molecule has 0 aliphatic carbocycles. The molecule has 112 valence electrons. The van der Waals surface area contributed by atoms with Gasteiger partial charge in [0.1, 0.15) is 11.6 Å². The summed E-state index contributed by atoms with van der Waals surface area (Å²) in [7, 11) is 0. The molecule has 0 aliphatic heterocycles. The highest BCUT2D eigenvalue weighted by Gasteiger charge is 2.30. The zero-order valence-corrected chi connectivity index (χ0v) is 12.1. The van der Waals surface area contributed by atoms with Crippen LogP contribution in [0.2, 0.25) is 0 Å². The summed E-state index contributed by atoms with van der Waals surface area (Å²) in [5.74, 6) is -0.634. The summed E-state index contributed by atoms with van der Waals surface area (Å²) in [6, 6.07) is 9.99. The van der Waals surface area contributed by atoms with Gasteiger partial charge in [0.2, 0.25) is 0 Å². The molecule has 2 aromatic rings. The first-order valence-corrected chi connectivity index (χ1v) is 6.66. The maximum atomic E-state index is 13.1. The van der Waals surface area contributed by atoms with Crippen LogP contribution in [0, 0.1) is 5.82 Å². The van der Waals surface area contributed by atoms with Crippen molar-refractivity contribution >= 4 is 21.6 Å². The second-order valence-electron chi connectivity index (χ2n) is 4.17. The Bertz CT molecular complexity index is 613. The van der Waals surface area contributed by atoms with E-state index in [0.717, 1.165) is 5.56 Å². The van der Waals surface area contributed by atoms with Gasteiger partial charge < -0.3 is 10.1 Å². The molecule has 0 radical (unpaired) electrons.